The second kappa shape index (κ2) is 5.49. The van der Waals surface area contributed by atoms with Crippen molar-refractivity contribution in [2.45, 2.75) is 30.7 Å². The molecule has 1 aliphatic rings. The molecule has 2 rings (SSSR count). The van der Waals surface area contributed by atoms with E-state index < -0.39 is 32.7 Å². The van der Waals surface area contributed by atoms with Crippen LogP contribution in [0.1, 0.15) is 19.8 Å². The molecule has 0 radical (unpaired) electrons. The number of piperidine rings is 1. The van der Waals surface area contributed by atoms with Gasteiger partial charge in [0.1, 0.15) is 16.8 Å². The Morgan fingerprint density at radius 2 is 2.05 bits per heavy atom. The zero-order valence-electron chi connectivity index (χ0n) is 11.0. The van der Waals surface area contributed by atoms with E-state index in [9.17, 15) is 22.7 Å². The summed E-state index contributed by atoms with van der Waals surface area (Å²) in [5.74, 6) is -1.94. The highest BCUT2D eigenvalue weighted by Crippen LogP contribution is 2.29. The topological polar surface area (TPSA) is 74.7 Å². The van der Waals surface area contributed by atoms with Gasteiger partial charge < -0.3 is 5.11 Å². The van der Waals surface area contributed by atoms with Gasteiger partial charge in [0.25, 0.3) is 0 Å². The van der Waals surface area contributed by atoms with Crippen LogP contribution in [-0.2, 0) is 14.8 Å². The minimum Gasteiger partial charge on any atom is -0.480 e. The van der Waals surface area contributed by atoms with Crippen LogP contribution >= 0.6 is 0 Å². The van der Waals surface area contributed by atoms with Crippen LogP contribution in [-0.4, -0.2) is 36.4 Å². The molecule has 1 saturated heterocycles. The molecule has 2 atom stereocenters. The molecular formula is C13H16FNO4S. The Bertz CT molecular complexity index is 617. The van der Waals surface area contributed by atoms with Crippen molar-refractivity contribution in [1.29, 1.82) is 0 Å². The van der Waals surface area contributed by atoms with Gasteiger partial charge in [-0.1, -0.05) is 19.1 Å². The Kier molecular flexibility index (Phi) is 4.10. The molecule has 0 saturated carbocycles. The standard InChI is InChI=1S/C13H16FNO4S/c1-9-6-7-15(11(8-9)13(16)17)20(18,19)12-5-3-2-4-10(12)14/h2-5,9,11H,6-8H2,1H3,(H,16,17). The van der Waals surface area contributed by atoms with Crippen molar-refractivity contribution in [3.05, 3.63) is 30.1 Å². The predicted molar refractivity (Wildman–Crippen MR) is 70.1 cm³/mol. The van der Waals surface area contributed by atoms with Gasteiger partial charge in [0.05, 0.1) is 0 Å². The Balaban J connectivity index is 2.42. The molecule has 5 nitrogen and oxygen atoms in total. The number of halogens is 1. The predicted octanol–water partition coefficient (Wildman–Crippen LogP) is 1.70. The molecule has 0 amide bonds. The summed E-state index contributed by atoms with van der Waals surface area (Å²) >= 11 is 0. The Hall–Kier alpha value is -1.47. The first kappa shape index (κ1) is 14.9. The van der Waals surface area contributed by atoms with Crippen LogP contribution in [0.4, 0.5) is 4.39 Å². The van der Waals surface area contributed by atoms with E-state index in [0.717, 1.165) is 16.4 Å². The van der Waals surface area contributed by atoms with Crippen molar-refractivity contribution in [3.63, 3.8) is 0 Å². The van der Waals surface area contributed by atoms with Crippen LogP contribution < -0.4 is 0 Å². The van der Waals surface area contributed by atoms with Gasteiger partial charge in [-0.25, -0.2) is 12.8 Å². The molecule has 1 aromatic carbocycles. The fourth-order valence-corrected chi connectivity index (χ4v) is 4.09. The molecule has 0 bridgehead atoms. The van der Waals surface area contributed by atoms with Crippen molar-refractivity contribution in [3.8, 4) is 0 Å². The van der Waals surface area contributed by atoms with E-state index in [4.69, 9.17) is 0 Å². The first-order chi connectivity index (χ1) is 9.34. The lowest BCUT2D eigenvalue weighted by Gasteiger charge is -2.34. The van der Waals surface area contributed by atoms with E-state index >= 15 is 0 Å². The molecular weight excluding hydrogens is 285 g/mol. The number of sulfonamides is 1. The summed E-state index contributed by atoms with van der Waals surface area (Å²) in [5, 5.41) is 9.21. The van der Waals surface area contributed by atoms with E-state index in [2.05, 4.69) is 0 Å². The van der Waals surface area contributed by atoms with Gasteiger partial charge in [0.15, 0.2) is 0 Å². The number of hydrogen-bond acceptors (Lipinski definition) is 3. The van der Waals surface area contributed by atoms with Crippen molar-refractivity contribution >= 4 is 16.0 Å². The van der Waals surface area contributed by atoms with Gasteiger partial charge in [-0.05, 0) is 30.9 Å². The number of aliphatic carboxylic acids is 1. The molecule has 1 fully saturated rings. The van der Waals surface area contributed by atoms with E-state index in [0.29, 0.717) is 6.42 Å². The SMILES string of the molecule is CC1CCN(S(=O)(=O)c2ccccc2F)C(C(=O)O)C1. The second-order valence-corrected chi connectivity index (χ2v) is 6.89. The van der Waals surface area contributed by atoms with E-state index in [1.165, 1.54) is 12.1 Å². The van der Waals surface area contributed by atoms with Gasteiger partial charge in [0, 0.05) is 6.54 Å². The quantitative estimate of drug-likeness (QED) is 0.922. The van der Waals surface area contributed by atoms with Crippen LogP contribution in [0.15, 0.2) is 29.2 Å². The summed E-state index contributed by atoms with van der Waals surface area (Å²) in [7, 11) is -4.13. The number of rotatable bonds is 3. The van der Waals surface area contributed by atoms with Crippen molar-refractivity contribution < 1.29 is 22.7 Å². The second-order valence-electron chi connectivity index (χ2n) is 5.03. The average molecular weight is 301 g/mol. The number of carbonyl (C=O) groups is 1. The Morgan fingerprint density at radius 1 is 1.40 bits per heavy atom. The summed E-state index contributed by atoms with van der Waals surface area (Å²) in [4.78, 5) is 10.8. The maximum absolute atomic E-state index is 13.7. The van der Waals surface area contributed by atoms with Crippen LogP contribution in [0.25, 0.3) is 0 Å². The van der Waals surface area contributed by atoms with Gasteiger partial charge in [-0.3, -0.25) is 4.79 Å². The number of carboxylic acids is 1. The first-order valence-corrected chi connectivity index (χ1v) is 7.77. The first-order valence-electron chi connectivity index (χ1n) is 6.33. The summed E-state index contributed by atoms with van der Waals surface area (Å²) in [6, 6.07) is 3.87. The van der Waals surface area contributed by atoms with Gasteiger partial charge in [-0.2, -0.15) is 4.31 Å². The minimum atomic E-state index is -4.13. The monoisotopic (exact) mass is 301 g/mol. The Labute approximate surface area is 117 Å². The highest BCUT2D eigenvalue weighted by atomic mass is 32.2. The van der Waals surface area contributed by atoms with Crippen LogP contribution in [0.2, 0.25) is 0 Å². The van der Waals surface area contributed by atoms with Crippen LogP contribution in [0.3, 0.4) is 0 Å². The molecule has 110 valence electrons. The largest absolute Gasteiger partial charge is 0.480 e. The number of carboxylic acid groups (broad SMARTS) is 1. The maximum atomic E-state index is 13.7. The highest BCUT2D eigenvalue weighted by Gasteiger charge is 2.40. The summed E-state index contributed by atoms with van der Waals surface area (Å²) in [5.41, 5.74) is 0. The summed E-state index contributed by atoms with van der Waals surface area (Å²) < 4.78 is 39.5. The van der Waals surface area contributed by atoms with E-state index in [-0.39, 0.29) is 18.9 Å². The minimum absolute atomic E-state index is 0.0921. The van der Waals surface area contributed by atoms with Crippen molar-refractivity contribution in [2.75, 3.05) is 6.54 Å². The van der Waals surface area contributed by atoms with Crippen LogP contribution in [0, 0.1) is 11.7 Å². The normalized spacial score (nSPS) is 24.5. The van der Waals surface area contributed by atoms with Gasteiger partial charge in [0.2, 0.25) is 10.0 Å². The Morgan fingerprint density at radius 3 is 2.65 bits per heavy atom. The fraction of sp³-hybridized carbons (Fsp3) is 0.462. The zero-order valence-corrected chi connectivity index (χ0v) is 11.8. The molecule has 20 heavy (non-hydrogen) atoms. The lowest BCUT2D eigenvalue weighted by molar-refractivity contribution is -0.143. The number of hydrogen-bond donors (Lipinski definition) is 1. The summed E-state index contributed by atoms with van der Waals surface area (Å²) in [6.45, 7) is 1.97. The molecule has 0 aromatic heterocycles. The zero-order chi connectivity index (χ0) is 14.9. The number of nitrogens with zero attached hydrogens (tertiary/aromatic N) is 1. The van der Waals surface area contributed by atoms with Gasteiger partial charge in [-0.15, -0.1) is 0 Å². The average Bonchev–Trinajstić information content (AvgIpc) is 2.38. The highest BCUT2D eigenvalue weighted by molar-refractivity contribution is 7.89. The fourth-order valence-electron chi connectivity index (χ4n) is 2.41. The number of benzene rings is 1. The lowest BCUT2D eigenvalue weighted by atomic mass is 9.94. The lowest BCUT2D eigenvalue weighted by Crippen LogP contribution is -2.49. The third-order valence-corrected chi connectivity index (χ3v) is 5.47. The van der Waals surface area contributed by atoms with Crippen LogP contribution in [0.5, 0.6) is 0 Å². The maximum Gasteiger partial charge on any atom is 0.322 e. The smallest absolute Gasteiger partial charge is 0.322 e. The van der Waals surface area contributed by atoms with Crippen molar-refractivity contribution in [1.82, 2.24) is 4.31 Å². The molecule has 1 aromatic rings. The van der Waals surface area contributed by atoms with Gasteiger partial charge >= 0.3 is 5.97 Å². The van der Waals surface area contributed by atoms with Crippen molar-refractivity contribution in [2.24, 2.45) is 5.92 Å². The molecule has 2 unspecified atom stereocenters. The van der Waals surface area contributed by atoms with E-state index in [1.54, 1.807) is 0 Å². The molecule has 1 aliphatic heterocycles. The molecule has 0 spiro atoms. The third kappa shape index (κ3) is 2.69. The molecule has 7 heteroatoms. The molecule has 1 heterocycles. The summed E-state index contributed by atoms with van der Waals surface area (Å²) in [6.07, 6.45) is 0.806. The van der Waals surface area contributed by atoms with E-state index in [1.807, 2.05) is 6.92 Å². The molecule has 0 aliphatic carbocycles. The third-order valence-electron chi connectivity index (χ3n) is 3.52. The molecule has 1 N–H and O–H groups in total.